The molecule has 186 valence electrons. The van der Waals surface area contributed by atoms with Gasteiger partial charge in [0.15, 0.2) is 4.91 Å². The minimum absolute atomic E-state index is 0.0614. The van der Waals surface area contributed by atoms with Gasteiger partial charge in [-0.2, -0.15) is 0 Å². The van der Waals surface area contributed by atoms with Crippen LogP contribution < -0.4 is 4.90 Å². The molecule has 0 aliphatic carbocycles. The average Bonchev–Trinajstić information content (AvgIpc) is 2.79. The Morgan fingerprint density at radius 2 is 1.48 bits per heavy atom. The van der Waals surface area contributed by atoms with Gasteiger partial charge in [0, 0.05) is 13.1 Å². The molecule has 0 radical (unpaired) electrons. The van der Waals surface area contributed by atoms with Gasteiger partial charge in [0.25, 0.3) is 0 Å². The maximum absolute atomic E-state index is 13.3. The van der Waals surface area contributed by atoms with Crippen molar-refractivity contribution in [3.8, 4) is 0 Å². The molecular weight excluding hydrogens is 434 g/mol. The summed E-state index contributed by atoms with van der Waals surface area (Å²) in [5.41, 5.74) is 1.59. The molecule has 0 unspecified atom stereocenters. The molecule has 0 bridgehead atoms. The van der Waals surface area contributed by atoms with Crippen molar-refractivity contribution in [1.82, 2.24) is 0 Å². The second kappa shape index (κ2) is 15.7. The summed E-state index contributed by atoms with van der Waals surface area (Å²) >= 11 is 0. The molecule has 1 N–H and O–H groups in total. The van der Waals surface area contributed by atoms with E-state index in [0.717, 1.165) is 30.9 Å². The number of carbonyl (C=O) groups is 1. The molecule has 0 aliphatic rings. The third-order valence-electron chi connectivity index (χ3n) is 6.02. The van der Waals surface area contributed by atoms with E-state index in [9.17, 15) is 18.3 Å². The van der Waals surface area contributed by atoms with Crippen molar-refractivity contribution in [3.05, 3.63) is 47.4 Å². The largest absolute Gasteiger partial charge is 0.477 e. The van der Waals surface area contributed by atoms with E-state index in [-0.39, 0.29) is 4.90 Å². The summed E-state index contributed by atoms with van der Waals surface area (Å²) in [5, 5.41) is 9.51. The molecule has 0 fully saturated rings. The maximum atomic E-state index is 13.3. The first kappa shape index (κ1) is 29.0. The number of aryl methyl sites for hydroxylation is 1. The Hall–Kier alpha value is -2.08. The molecule has 33 heavy (non-hydrogen) atoms. The fourth-order valence-corrected chi connectivity index (χ4v) is 5.70. The average molecular weight is 478 g/mol. The highest BCUT2D eigenvalue weighted by Gasteiger charge is 2.31. The molecule has 1 aromatic rings. The molecule has 1 aromatic carbocycles. The number of para-hydroxylation sites is 1. The van der Waals surface area contributed by atoms with Gasteiger partial charge in [-0.15, -0.1) is 0 Å². The van der Waals surface area contributed by atoms with Crippen LogP contribution in [-0.4, -0.2) is 32.6 Å². The number of hydrogen-bond acceptors (Lipinski definition) is 4. The molecule has 0 saturated heterocycles. The number of carboxylic acid groups (broad SMARTS) is 1. The van der Waals surface area contributed by atoms with Gasteiger partial charge in [0.2, 0.25) is 9.84 Å². The van der Waals surface area contributed by atoms with Gasteiger partial charge in [-0.05, 0) is 44.4 Å². The minimum Gasteiger partial charge on any atom is -0.477 e. The highest BCUT2D eigenvalue weighted by Crippen LogP contribution is 2.34. The zero-order chi connectivity index (χ0) is 24.7. The van der Waals surface area contributed by atoms with Gasteiger partial charge in [-0.1, -0.05) is 89.5 Å². The predicted octanol–water partition coefficient (Wildman–Crippen LogP) is 6.92. The van der Waals surface area contributed by atoms with E-state index < -0.39 is 20.7 Å². The molecule has 0 heterocycles. The zero-order valence-electron chi connectivity index (χ0n) is 20.8. The Labute approximate surface area is 201 Å². The smallest absolute Gasteiger partial charge is 0.347 e. The van der Waals surface area contributed by atoms with E-state index in [0.29, 0.717) is 18.8 Å². The lowest BCUT2D eigenvalue weighted by Gasteiger charge is -2.27. The van der Waals surface area contributed by atoms with Crippen LogP contribution in [0.4, 0.5) is 5.69 Å². The lowest BCUT2D eigenvalue weighted by molar-refractivity contribution is -0.131. The maximum Gasteiger partial charge on any atom is 0.347 e. The van der Waals surface area contributed by atoms with Crippen LogP contribution in [0.1, 0.15) is 90.5 Å². The monoisotopic (exact) mass is 477 g/mol. The highest BCUT2D eigenvalue weighted by atomic mass is 32.2. The first-order chi connectivity index (χ1) is 15.8. The van der Waals surface area contributed by atoms with Crippen LogP contribution in [0.2, 0.25) is 0 Å². The molecule has 0 aromatic heterocycles. The third-order valence-corrected chi connectivity index (χ3v) is 7.82. The standard InChI is InChI=1S/C27H43NO4S/c1-5-9-10-11-12-13-14-15-16-17-20-23-21-18-22-24(26(23)28(7-3)8-4)33(31,32)25(19-6-2)27(29)30/h6,18-19,21-22H,2,5,7-17,20H2,1,3-4H3,(H,29,30)/b25-19-. The number of benzene rings is 1. The Morgan fingerprint density at radius 1 is 0.939 bits per heavy atom. The molecule has 0 amide bonds. The number of hydrogen-bond donors (Lipinski definition) is 1. The Morgan fingerprint density at radius 3 is 1.97 bits per heavy atom. The van der Waals surface area contributed by atoms with E-state index in [1.807, 2.05) is 24.8 Å². The second-order valence-corrected chi connectivity index (χ2v) is 10.3. The van der Waals surface area contributed by atoms with Crippen LogP contribution in [0.25, 0.3) is 0 Å². The van der Waals surface area contributed by atoms with Crippen molar-refractivity contribution in [2.24, 2.45) is 0 Å². The number of allylic oxidation sites excluding steroid dienone is 2. The highest BCUT2D eigenvalue weighted by molar-refractivity contribution is 7.96. The van der Waals surface area contributed by atoms with Crippen molar-refractivity contribution in [2.45, 2.75) is 96.3 Å². The first-order valence-corrected chi connectivity index (χ1v) is 14.0. The van der Waals surface area contributed by atoms with Crippen molar-refractivity contribution in [1.29, 1.82) is 0 Å². The lowest BCUT2D eigenvalue weighted by Crippen LogP contribution is -2.26. The number of anilines is 1. The summed E-state index contributed by atoms with van der Waals surface area (Å²) in [6, 6.07) is 5.21. The fraction of sp³-hybridized carbons (Fsp3) is 0.593. The van der Waals surface area contributed by atoms with Crippen LogP contribution >= 0.6 is 0 Å². The number of sulfone groups is 1. The van der Waals surface area contributed by atoms with Crippen molar-refractivity contribution in [3.63, 3.8) is 0 Å². The van der Waals surface area contributed by atoms with Gasteiger partial charge in [-0.25, -0.2) is 13.2 Å². The molecule has 6 heteroatoms. The quantitative estimate of drug-likeness (QED) is 0.141. The van der Waals surface area contributed by atoms with E-state index in [1.54, 1.807) is 6.07 Å². The predicted molar refractivity (Wildman–Crippen MR) is 139 cm³/mol. The van der Waals surface area contributed by atoms with Gasteiger partial charge in [-0.3, -0.25) is 0 Å². The number of rotatable bonds is 18. The Balaban J connectivity index is 2.97. The number of aliphatic carboxylic acids is 1. The molecular formula is C27H43NO4S. The summed E-state index contributed by atoms with van der Waals surface area (Å²) in [7, 11) is -4.18. The fourth-order valence-electron chi connectivity index (χ4n) is 4.19. The summed E-state index contributed by atoms with van der Waals surface area (Å²) < 4.78 is 26.6. The Bertz CT molecular complexity index is 870. The first-order valence-electron chi connectivity index (χ1n) is 12.5. The van der Waals surface area contributed by atoms with Crippen molar-refractivity contribution in [2.75, 3.05) is 18.0 Å². The van der Waals surface area contributed by atoms with E-state index >= 15 is 0 Å². The van der Waals surface area contributed by atoms with Crippen LogP contribution in [0.3, 0.4) is 0 Å². The summed E-state index contributed by atoms with van der Waals surface area (Å²) in [6.07, 6.45) is 15.5. The summed E-state index contributed by atoms with van der Waals surface area (Å²) in [4.78, 5) is 13.1. The van der Waals surface area contributed by atoms with Crippen molar-refractivity contribution < 1.29 is 18.3 Å². The number of nitrogens with zero attached hydrogens (tertiary/aromatic N) is 1. The normalized spacial score (nSPS) is 12.0. The zero-order valence-corrected chi connectivity index (χ0v) is 21.6. The van der Waals surface area contributed by atoms with Crippen LogP contribution in [-0.2, 0) is 21.1 Å². The molecule has 1 rings (SSSR count). The van der Waals surface area contributed by atoms with E-state index in [2.05, 4.69) is 13.5 Å². The van der Waals surface area contributed by atoms with E-state index in [1.165, 1.54) is 63.5 Å². The van der Waals surface area contributed by atoms with Crippen LogP contribution in [0, 0.1) is 0 Å². The molecule has 0 aliphatic heterocycles. The number of unbranched alkanes of at least 4 members (excludes halogenated alkanes) is 9. The topological polar surface area (TPSA) is 74.7 Å². The minimum atomic E-state index is -4.18. The second-order valence-electron chi connectivity index (χ2n) is 8.44. The van der Waals surface area contributed by atoms with Crippen LogP contribution in [0.15, 0.2) is 46.7 Å². The number of carboxylic acids is 1. The lowest BCUT2D eigenvalue weighted by atomic mass is 10.0. The van der Waals surface area contributed by atoms with E-state index in [4.69, 9.17) is 0 Å². The van der Waals surface area contributed by atoms with Gasteiger partial charge in [0.05, 0.1) is 10.6 Å². The van der Waals surface area contributed by atoms with Crippen molar-refractivity contribution >= 4 is 21.5 Å². The molecule has 0 saturated carbocycles. The van der Waals surface area contributed by atoms with Gasteiger partial charge >= 0.3 is 5.97 Å². The van der Waals surface area contributed by atoms with Gasteiger partial charge < -0.3 is 10.0 Å². The summed E-state index contributed by atoms with van der Waals surface area (Å²) in [6.45, 7) is 11.0. The third kappa shape index (κ3) is 9.00. The summed E-state index contributed by atoms with van der Waals surface area (Å²) in [5.74, 6) is -1.47. The molecule has 0 spiro atoms. The molecule has 5 nitrogen and oxygen atoms in total. The SMILES string of the molecule is C=C/C=C(/C(=O)O)S(=O)(=O)c1cccc(CCCCCCCCCCCC)c1N(CC)CC. The Kier molecular flexibility index (Phi) is 13.8. The van der Waals surface area contributed by atoms with Gasteiger partial charge in [0.1, 0.15) is 0 Å². The molecule has 0 atom stereocenters. The van der Waals surface area contributed by atoms with Crippen LogP contribution in [0.5, 0.6) is 0 Å².